The smallest absolute Gasteiger partial charge is 0.271 e. The minimum atomic E-state index is -3.45. The molecule has 1 fully saturated rings. The van der Waals surface area contributed by atoms with Crippen molar-refractivity contribution in [2.45, 2.75) is 18.9 Å². The van der Waals surface area contributed by atoms with Crippen LogP contribution in [-0.2, 0) is 14.8 Å². The standard InChI is InChI=1S/C12H15N3O5S/c1-21(19,20)14-7-3-6-11(14)12(16)13-9-4-2-5-10(8-9)15(17)18/h2,4-5,8,11H,3,6-7H2,1H3,(H,13,16). The van der Waals surface area contributed by atoms with E-state index in [9.17, 15) is 23.3 Å². The summed E-state index contributed by atoms with van der Waals surface area (Å²) in [5.74, 6) is -0.474. The van der Waals surface area contributed by atoms with Crippen molar-refractivity contribution in [3.05, 3.63) is 34.4 Å². The van der Waals surface area contributed by atoms with E-state index in [-0.39, 0.29) is 11.4 Å². The first-order chi connectivity index (χ1) is 9.79. The minimum absolute atomic E-state index is 0.140. The summed E-state index contributed by atoms with van der Waals surface area (Å²) in [7, 11) is -3.45. The molecule has 8 nitrogen and oxygen atoms in total. The van der Waals surface area contributed by atoms with Gasteiger partial charge >= 0.3 is 0 Å². The summed E-state index contributed by atoms with van der Waals surface area (Å²) in [6, 6.07) is 4.76. The SMILES string of the molecule is CS(=O)(=O)N1CCCC1C(=O)Nc1cccc([N+](=O)[O-])c1. The van der Waals surface area contributed by atoms with Crippen LogP contribution in [0.3, 0.4) is 0 Å². The number of non-ortho nitro benzene ring substituents is 1. The number of carbonyl (C=O) groups excluding carboxylic acids is 1. The van der Waals surface area contributed by atoms with Crippen LogP contribution in [0.4, 0.5) is 11.4 Å². The van der Waals surface area contributed by atoms with Gasteiger partial charge in [-0.2, -0.15) is 4.31 Å². The van der Waals surface area contributed by atoms with Gasteiger partial charge in [0, 0.05) is 24.4 Å². The first kappa shape index (κ1) is 15.4. The Bertz CT molecular complexity index is 673. The lowest BCUT2D eigenvalue weighted by atomic mass is 10.2. The number of nitro benzene ring substituents is 1. The normalized spacial score (nSPS) is 19.4. The van der Waals surface area contributed by atoms with Crippen LogP contribution in [0.5, 0.6) is 0 Å². The molecule has 1 aromatic carbocycles. The topological polar surface area (TPSA) is 110 Å². The van der Waals surface area contributed by atoms with E-state index in [0.717, 1.165) is 10.6 Å². The van der Waals surface area contributed by atoms with E-state index < -0.39 is 26.9 Å². The summed E-state index contributed by atoms with van der Waals surface area (Å²) in [6.07, 6.45) is 2.11. The van der Waals surface area contributed by atoms with Crippen LogP contribution in [0, 0.1) is 10.1 Å². The molecule has 2 rings (SSSR count). The van der Waals surface area contributed by atoms with Gasteiger partial charge in [-0.05, 0) is 18.9 Å². The molecular weight excluding hydrogens is 298 g/mol. The zero-order valence-corrected chi connectivity index (χ0v) is 12.2. The van der Waals surface area contributed by atoms with Gasteiger partial charge in [0.15, 0.2) is 0 Å². The van der Waals surface area contributed by atoms with E-state index in [2.05, 4.69) is 5.32 Å². The molecule has 1 atom stereocenters. The van der Waals surface area contributed by atoms with Crippen LogP contribution in [-0.4, -0.2) is 42.4 Å². The maximum absolute atomic E-state index is 12.2. The second kappa shape index (κ2) is 5.78. The van der Waals surface area contributed by atoms with Gasteiger partial charge in [-0.15, -0.1) is 0 Å². The summed E-state index contributed by atoms with van der Waals surface area (Å²) < 4.78 is 24.4. The molecule has 9 heteroatoms. The van der Waals surface area contributed by atoms with E-state index in [1.807, 2.05) is 0 Å². The Morgan fingerprint density at radius 1 is 1.48 bits per heavy atom. The molecule has 1 unspecified atom stereocenters. The second-order valence-electron chi connectivity index (χ2n) is 4.83. The van der Waals surface area contributed by atoms with Gasteiger partial charge in [0.1, 0.15) is 6.04 Å². The summed E-state index contributed by atoms with van der Waals surface area (Å²) in [5.41, 5.74) is 0.133. The third-order valence-corrected chi connectivity index (χ3v) is 4.55. The lowest BCUT2D eigenvalue weighted by Crippen LogP contribution is -2.42. The molecule has 1 heterocycles. The average molecular weight is 313 g/mol. The molecule has 1 aromatic rings. The Labute approximate surface area is 122 Å². The van der Waals surface area contributed by atoms with E-state index in [0.29, 0.717) is 19.4 Å². The highest BCUT2D eigenvalue weighted by Gasteiger charge is 2.36. The van der Waals surface area contributed by atoms with Crippen molar-refractivity contribution in [2.24, 2.45) is 0 Å². The number of nitrogens with one attached hydrogen (secondary N) is 1. The molecule has 0 radical (unpaired) electrons. The maximum atomic E-state index is 12.2. The second-order valence-corrected chi connectivity index (χ2v) is 6.76. The molecule has 1 aliphatic heterocycles. The number of anilines is 1. The molecule has 0 aromatic heterocycles. The molecule has 114 valence electrons. The summed E-state index contributed by atoms with van der Waals surface area (Å²) in [6.45, 7) is 0.311. The first-order valence-corrected chi connectivity index (χ1v) is 8.16. The number of rotatable bonds is 4. The molecule has 0 saturated carbocycles. The fourth-order valence-electron chi connectivity index (χ4n) is 2.32. The summed E-state index contributed by atoms with van der Waals surface area (Å²) in [4.78, 5) is 22.3. The highest BCUT2D eigenvalue weighted by Crippen LogP contribution is 2.23. The van der Waals surface area contributed by atoms with Crippen molar-refractivity contribution < 1.29 is 18.1 Å². The number of benzene rings is 1. The van der Waals surface area contributed by atoms with Crippen molar-refractivity contribution in [2.75, 3.05) is 18.1 Å². The molecule has 1 N–H and O–H groups in total. The monoisotopic (exact) mass is 313 g/mol. The predicted molar refractivity (Wildman–Crippen MR) is 76.3 cm³/mol. The molecule has 0 spiro atoms. The van der Waals surface area contributed by atoms with Crippen LogP contribution in [0.2, 0.25) is 0 Å². The molecule has 1 saturated heterocycles. The first-order valence-electron chi connectivity index (χ1n) is 6.31. The highest BCUT2D eigenvalue weighted by atomic mass is 32.2. The van der Waals surface area contributed by atoms with E-state index in [1.54, 1.807) is 0 Å². The predicted octanol–water partition coefficient (Wildman–Crippen LogP) is 0.957. The van der Waals surface area contributed by atoms with Crippen LogP contribution in [0.15, 0.2) is 24.3 Å². The van der Waals surface area contributed by atoms with Gasteiger partial charge in [0.25, 0.3) is 5.69 Å². The van der Waals surface area contributed by atoms with Crippen LogP contribution in [0.1, 0.15) is 12.8 Å². The minimum Gasteiger partial charge on any atom is -0.324 e. The fourth-order valence-corrected chi connectivity index (χ4v) is 3.45. The zero-order chi connectivity index (χ0) is 15.6. The van der Waals surface area contributed by atoms with Gasteiger partial charge in [0.05, 0.1) is 11.2 Å². The van der Waals surface area contributed by atoms with E-state index in [1.165, 1.54) is 24.3 Å². The third kappa shape index (κ3) is 3.56. The lowest BCUT2D eigenvalue weighted by Gasteiger charge is -2.21. The zero-order valence-electron chi connectivity index (χ0n) is 11.4. The van der Waals surface area contributed by atoms with Crippen LogP contribution >= 0.6 is 0 Å². The summed E-state index contributed by atoms with van der Waals surface area (Å²) >= 11 is 0. The molecule has 1 aliphatic rings. The van der Waals surface area contributed by atoms with Gasteiger partial charge in [-0.3, -0.25) is 14.9 Å². The molecular formula is C12H15N3O5S. The number of nitro groups is 1. The van der Waals surface area contributed by atoms with Crippen molar-refractivity contribution in [1.29, 1.82) is 0 Å². The number of nitrogens with zero attached hydrogens (tertiary/aromatic N) is 2. The lowest BCUT2D eigenvalue weighted by molar-refractivity contribution is -0.384. The Morgan fingerprint density at radius 3 is 2.81 bits per heavy atom. The van der Waals surface area contributed by atoms with Crippen molar-refractivity contribution in [1.82, 2.24) is 4.31 Å². The number of sulfonamides is 1. The number of hydrogen-bond acceptors (Lipinski definition) is 5. The molecule has 21 heavy (non-hydrogen) atoms. The van der Waals surface area contributed by atoms with Crippen molar-refractivity contribution in [3.63, 3.8) is 0 Å². The Morgan fingerprint density at radius 2 is 2.19 bits per heavy atom. The van der Waals surface area contributed by atoms with Gasteiger partial charge in [-0.25, -0.2) is 8.42 Å². The molecule has 0 aliphatic carbocycles. The molecule has 1 amide bonds. The van der Waals surface area contributed by atoms with Crippen LogP contribution < -0.4 is 5.32 Å². The number of carbonyl (C=O) groups is 1. The highest BCUT2D eigenvalue weighted by molar-refractivity contribution is 7.88. The van der Waals surface area contributed by atoms with E-state index in [4.69, 9.17) is 0 Å². The van der Waals surface area contributed by atoms with Crippen molar-refractivity contribution in [3.8, 4) is 0 Å². The summed E-state index contributed by atoms with van der Waals surface area (Å²) in [5, 5.41) is 13.2. The van der Waals surface area contributed by atoms with Gasteiger partial charge in [0.2, 0.25) is 15.9 Å². The largest absolute Gasteiger partial charge is 0.324 e. The van der Waals surface area contributed by atoms with Gasteiger partial charge < -0.3 is 5.32 Å². The quantitative estimate of drug-likeness (QED) is 0.657. The number of hydrogen-bond donors (Lipinski definition) is 1. The Balaban J connectivity index is 2.14. The van der Waals surface area contributed by atoms with Crippen LogP contribution in [0.25, 0.3) is 0 Å². The Kier molecular flexibility index (Phi) is 4.24. The molecule has 0 bridgehead atoms. The average Bonchev–Trinajstić information content (AvgIpc) is 2.88. The maximum Gasteiger partial charge on any atom is 0.271 e. The van der Waals surface area contributed by atoms with Gasteiger partial charge in [-0.1, -0.05) is 6.07 Å². The third-order valence-electron chi connectivity index (χ3n) is 3.26. The number of amides is 1. The Hall–Kier alpha value is -2.00. The van der Waals surface area contributed by atoms with Crippen molar-refractivity contribution >= 4 is 27.3 Å². The van der Waals surface area contributed by atoms with E-state index >= 15 is 0 Å². The fraction of sp³-hybridized carbons (Fsp3) is 0.417.